The van der Waals surface area contributed by atoms with Crippen LogP contribution < -0.4 is 5.73 Å². The molecule has 4 heteroatoms. The first-order chi connectivity index (χ1) is 5.93. The van der Waals surface area contributed by atoms with E-state index >= 15 is 0 Å². The Kier molecular flexibility index (Phi) is 5.99. The maximum absolute atomic E-state index is 12.1. The van der Waals surface area contributed by atoms with Crippen LogP contribution in [0.15, 0.2) is 21.2 Å². The maximum Gasteiger partial charge on any atom is 0.206 e. The van der Waals surface area contributed by atoms with Crippen LogP contribution in [0.25, 0.3) is 0 Å². The van der Waals surface area contributed by atoms with Crippen molar-refractivity contribution in [1.82, 2.24) is 0 Å². The molecule has 0 aliphatic heterocycles. The van der Waals surface area contributed by atoms with E-state index in [0.717, 1.165) is 5.92 Å². The molecule has 0 aromatic carbocycles. The molecule has 0 amide bonds. The molecule has 13 heavy (non-hydrogen) atoms. The molecule has 1 aromatic rings. The minimum atomic E-state index is -1.52. The molecule has 2 N–H and O–H groups in total. The summed E-state index contributed by atoms with van der Waals surface area (Å²) >= 11 is 3.08. The normalized spacial score (nSPS) is 12.2. The predicted molar refractivity (Wildman–Crippen MR) is 55.0 cm³/mol. The number of halogens is 2. The molecule has 76 valence electrons. The molecule has 0 bridgehead atoms. The average Bonchev–Trinajstić information content (AvgIpc) is 2.34. The van der Waals surface area contributed by atoms with Gasteiger partial charge in [-0.25, -0.2) is 4.39 Å². The Morgan fingerprint density at radius 3 is 2.08 bits per heavy atom. The van der Waals surface area contributed by atoms with Crippen LogP contribution >= 0.6 is 15.9 Å². The van der Waals surface area contributed by atoms with Crippen molar-refractivity contribution in [2.45, 2.75) is 27.1 Å². The van der Waals surface area contributed by atoms with Gasteiger partial charge in [0.05, 0.1) is 4.47 Å². The van der Waals surface area contributed by atoms with E-state index in [1.54, 1.807) is 0 Å². The first-order valence-corrected chi connectivity index (χ1v) is 4.86. The van der Waals surface area contributed by atoms with Crippen LogP contribution in [-0.4, -0.2) is 0 Å². The SMILES string of the molecule is CC(C)C.NC(F)c1cc(Br)co1. The highest BCUT2D eigenvalue weighted by atomic mass is 79.9. The molecule has 1 heterocycles. The monoisotopic (exact) mass is 251 g/mol. The second-order valence-electron chi connectivity index (χ2n) is 3.30. The summed E-state index contributed by atoms with van der Waals surface area (Å²) in [4.78, 5) is 0. The van der Waals surface area contributed by atoms with Gasteiger partial charge in [-0.05, 0) is 27.9 Å². The summed E-state index contributed by atoms with van der Waals surface area (Å²) in [5.74, 6) is 0.974. The van der Waals surface area contributed by atoms with Gasteiger partial charge in [-0.1, -0.05) is 20.8 Å². The van der Waals surface area contributed by atoms with Crippen LogP contribution in [-0.2, 0) is 0 Å². The van der Waals surface area contributed by atoms with E-state index in [0.29, 0.717) is 4.47 Å². The molecule has 0 saturated carbocycles. The van der Waals surface area contributed by atoms with Gasteiger partial charge in [-0.3, -0.25) is 5.73 Å². The fraction of sp³-hybridized carbons (Fsp3) is 0.556. The van der Waals surface area contributed by atoms with Gasteiger partial charge in [0.2, 0.25) is 6.30 Å². The maximum atomic E-state index is 12.1. The Labute approximate surface area is 86.4 Å². The van der Waals surface area contributed by atoms with E-state index in [1.807, 2.05) is 0 Å². The Morgan fingerprint density at radius 2 is 1.92 bits per heavy atom. The molecular weight excluding hydrogens is 237 g/mol. The fourth-order valence-electron chi connectivity index (χ4n) is 0.473. The number of alkyl halides is 1. The number of hydrogen-bond donors (Lipinski definition) is 1. The topological polar surface area (TPSA) is 39.2 Å². The Balaban J connectivity index is 0.000000310. The van der Waals surface area contributed by atoms with Crippen LogP contribution in [0.2, 0.25) is 0 Å². The molecule has 0 fully saturated rings. The largest absolute Gasteiger partial charge is 0.464 e. The number of furan rings is 1. The minimum absolute atomic E-state index is 0.141. The highest BCUT2D eigenvalue weighted by Crippen LogP contribution is 2.18. The number of rotatable bonds is 1. The van der Waals surface area contributed by atoms with Gasteiger partial charge in [-0.2, -0.15) is 0 Å². The molecule has 0 aliphatic carbocycles. The zero-order chi connectivity index (χ0) is 10.4. The predicted octanol–water partition coefficient (Wildman–Crippen LogP) is 3.63. The van der Waals surface area contributed by atoms with E-state index in [1.165, 1.54) is 12.3 Å². The third-order valence-electron chi connectivity index (χ3n) is 0.860. The lowest BCUT2D eigenvalue weighted by molar-refractivity contribution is 0.295. The van der Waals surface area contributed by atoms with Crippen molar-refractivity contribution in [1.29, 1.82) is 0 Å². The van der Waals surface area contributed by atoms with E-state index in [2.05, 4.69) is 41.1 Å². The van der Waals surface area contributed by atoms with Crippen molar-refractivity contribution in [3.63, 3.8) is 0 Å². The minimum Gasteiger partial charge on any atom is -0.464 e. The highest BCUT2D eigenvalue weighted by Gasteiger charge is 2.06. The van der Waals surface area contributed by atoms with E-state index in [4.69, 9.17) is 5.73 Å². The Bertz CT molecular complexity index is 233. The summed E-state index contributed by atoms with van der Waals surface area (Å²) in [7, 11) is 0. The molecular formula is C9H15BrFNO. The van der Waals surface area contributed by atoms with Gasteiger partial charge >= 0.3 is 0 Å². The van der Waals surface area contributed by atoms with Crippen molar-refractivity contribution in [3.8, 4) is 0 Å². The van der Waals surface area contributed by atoms with Gasteiger partial charge in [0.1, 0.15) is 6.26 Å². The average molecular weight is 252 g/mol. The molecule has 1 rings (SSSR count). The second kappa shape index (κ2) is 6.16. The fourth-order valence-corrected chi connectivity index (χ4v) is 0.792. The zero-order valence-corrected chi connectivity index (χ0v) is 9.64. The molecule has 1 atom stereocenters. The van der Waals surface area contributed by atoms with Crippen LogP contribution in [0.3, 0.4) is 0 Å². The van der Waals surface area contributed by atoms with Crippen molar-refractivity contribution < 1.29 is 8.81 Å². The van der Waals surface area contributed by atoms with Crippen molar-refractivity contribution in [3.05, 3.63) is 22.6 Å². The number of hydrogen-bond acceptors (Lipinski definition) is 2. The van der Waals surface area contributed by atoms with E-state index < -0.39 is 6.30 Å². The lowest BCUT2D eigenvalue weighted by atomic mass is 10.3. The van der Waals surface area contributed by atoms with Crippen molar-refractivity contribution in [2.75, 3.05) is 0 Å². The molecule has 1 unspecified atom stereocenters. The lowest BCUT2D eigenvalue weighted by Gasteiger charge is -1.91. The summed E-state index contributed by atoms with van der Waals surface area (Å²) in [6.07, 6.45) is -0.134. The van der Waals surface area contributed by atoms with Crippen LogP contribution in [0.5, 0.6) is 0 Å². The van der Waals surface area contributed by atoms with E-state index in [-0.39, 0.29) is 5.76 Å². The van der Waals surface area contributed by atoms with Crippen molar-refractivity contribution >= 4 is 15.9 Å². The van der Waals surface area contributed by atoms with Crippen LogP contribution in [0.4, 0.5) is 4.39 Å². The van der Waals surface area contributed by atoms with E-state index in [9.17, 15) is 4.39 Å². The molecule has 0 aliphatic rings. The summed E-state index contributed by atoms with van der Waals surface area (Å²) in [5, 5.41) is 0. The zero-order valence-electron chi connectivity index (χ0n) is 8.05. The van der Waals surface area contributed by atoms with Gasteiger partial charge in [0.15, 0.2) is 5.76 Å². The summed E-state index contributed by atoms with van der Waals surface area (Å²) in [6, 6.07) is 1.49. The van der Waals surface area contributed by atoms with Crippen LogP contribution in [0, 0.1) is 5.92 Å². The highest BCUT2D eigenvalue weighted by molar-refractivity contribution is 9.10. The summed E-state index contributed by atoms with van der Waals surface area (Å²) in [5.41, 5.74) is 4.85. The summed E-state index contributed by atoms with van der Waals surface area (Å²) < 4.78 is 17.5. The third-order valence-corrected chi connectivity index (χ3v) is 1.28. The third kappa shape index (κ3) is 6.78. The van der Waals surface area contributed by atoms with Gasteiger partial charge in [-0.15, -0.1) is 0 Å². The quantitative estimate of drug-likeness (QED) is 0.775. The smallest absolute Gasteiger partial charge is 0.206 e. The Morgan fingerprint density at radius 1 is 1.46 bits per heavy atom. The Hall–Kier alpha value is -0.350. The molecule has 0 radical (unpaired) electrons. The molecule has 0 spiro atoms. The molecule has 0 saturated heterocycles. The van der Waals surface area contributed by atoms with Gasteiger partial charge in [0.25, 0.3) is 0 Å². The van der Waals surface area contributed by atoms with Gasteiger partial charge < -0.3 is 4.42 Å². The molecule has 2 nitrogen and oxygen atoms in total. The first kappa shape index (κ1) is 12.7. The molecule has 1 aromatic heterocycles. The van der Waals surface area contributed by atoms with Gasteiger partial charge in [0, 0.05) is 0 Å². The van der Waals surface area contributed by atoms with Crippen molar-refractivity contribution in [2.24, 2.45) is 11.7 Å². The van der Waals surface area contributed by atoms with Crippen LogP contribution in [0.1, 0.15) is 32.8 Å². The summed E-state index contributed by atoms with van der Waals surface area (Å²) in [6.45, 7) is 6.50. The standard InChI is InChI=1S/C5H5BrFNO.C4H10/c6-3-1-4(5(7)8)9-2-3;1-4(2)3/h1-2,5H,8H2;4H,1-3H3. The number of nitrogens with two attached hydrogens (primary N) is 1. The lowest BCUT2D eigenvalue weighted by Crippen LogP contribution is -2.00. The first-order valence-electron chi connectivity index (χ1n) is 4.07. The second-order valence-corrected chi connectivity index (χ2v) is 4.22.